The van der Waals surface area contributed by atoms with Crippen molar-refractivity contribution < 1.29 is 4.79 Å². The molecule has 1 N–H and O–H groups in total. The smallest absolute Gasteiger partial charge is 0.239 e. The molecule has 3 heteroatoms. The van der Waals surface area contributed by atoms with Gasteiger partial charge >= 0.3 is 0 Å². The minimum absolute atomic E-state index is 0.0180. The van der Waals surface area contributed by atoms with Crippen LogP contribution in [-0.4, -0.2) is 30.4 Å². The quantitative estimate of drug-likeness (QED) is 0.863. The minimum atomic E-state index is -0.0180. The fourth-order valence-electron chi connectivity index (χ4n) is 2.31. The van der Waals surface area contributed by atoms with Crippen molar-refractivity contribution in [3.8, 4) is 0 Å². The van der Waals surface area contributed by atoms with E-state index in [2.05, 4.69) is 43.4 Å². The van der Waals surface area contributed by atoms with Gasteiger partial charge in [0.25, 0.3) is 0 Å². The van der Waals surface area contributed by atoms with Gasteiger partial charge in [-0.2, -0.15) is 0 Å². The van der Waals surface area contributed by atoms with Gasteiger partial charge in [0.1, 0.15) is 0 Å². The second-order valence-electron chi connectivity index (χ2n) is 4.90. The van der Waals surface area contributed by atoms with Gasteiger partial charge in [0.2, 0.25) is 5.91 Å². The van der Waals surface area contributed by atoms with Crippen LogP contribution in [0.2, 0.25) is 0 Å². The third-order valence-electron chi connectivity index (χ3n) is 3.42. The number of hydrogen-bond acceptors (Lipinski definition) is 2. The lowest BCUT2D eigenvalue weighted by Crippen LogP contribution is -2.38. The molecule has 92 valence electrons. The molecular formula is C14H20N2O. The van der Waals surface area contributed by atoms with E-state index < -0.39 is 0 Å². The molecule has 2 rings (SSSR count). The van der Waals surface area contributed by atoms with Gasteiger partial charge < -0.3 is 4.90 Å². The Morgan fingerprint density at radius 1 is 1.47 bits per heavy atom. The van der Waals surface area contributed by atoms with E-state index in [9.17, 15) is 4.79 Å². The number of likely N-dealkylation sites (tertiary alicyclic amines) is 1. The van der Waals surface area contributed by atoms with Crippen LogP contribution in [0.15, 0.2) is 24.3 Å². The van der Waals surface area contributed by atoms with E-state index in [1.165, 1.54) is 11.1 Å². The molecule has 1 aromatic rings. The van der Waals surface area contributed by atoms with Crippen LogP contribution in [0, 0.1) is 6.92 Å². The molecule has 1 unspecified atom stereocenters. The zero-order valence-electron chi connectivity index (χ0n) is 10.7. The largest absolute Gasteiger partial charge is 0.344 e. The summed E-state index contributed by atoms with van der Waals surface area (Å²) in [5.41, 5.74) is 2.50. The van der Waals surface area contributed by atoms with Crippen molar-refractivity contribution in [2.24, 2.45) is 0 Å². The molecule has 1 aliphatic rings. The number of carbonyl (C=O) groups is 1. The average Bonchev–Trinajstić information content (AvgIpc) is 2.61. The Morgan fingerprint density at radius 3 is 2.82 bits per heavy atom. The van der Waals surface area contributed by atoms with Crippen molar-refractivity contribution in [3.05, 3.63) is 35.4 Å². The van der Waals surface area contributed by atoms with Crippen molar-refractivity contribution in [2.75, 3.05) is 13.6 Å². The summed E-state index contributed by atoms with van der Waals surface area (Å²) in [6.45, 7) is 5.06. The molecule has 1 amide bonds. The van der Waals surface area contributed by atoms with Gasteiger partial charge in [-0.15, -0.1) is 0 Å². The molecule has 1 fully saturated rings. The highest BCUT2D eigenvalue weighted by molar-refractivity contribution is 5.83. The molecule has 3 nitrogen and oxygen atoms in total. The van der Waals surface area contributed by atoms with E-state index in [-0.39, 0.29) is 18.0 Å². The van der Waals surface area contributed by atoms with Crippen LogP contribution in [0.4, 0.5) is 0 Å². The number of benzene rings is 1. The number of nitrogens with zero attached hydrogens (tertiary/aromatic N) is 1. The zero-order chi connectivity index (χ0) is 12.4. The van der Waals surface area contributed by atoms with Crippen molar-refractivity contribution in [1.82, 2.24) is 10.2 Å². The Morgan fingerprint density at radius 2 is 2.24 bits per heavy atom. The Kier molecular flexibility index (Phi) is 3.48. The van der Waals surface area contributed by atoms with Gasteiger partial charge in [0.15, 0.2) is 0 Å². The molecule has 1 aliphatic heterocycles. The van der Waals surface area contributed by atoms with Crippen LogP contribution in [0.1, 0.15) is 30.5 Å². The number of amides is 1. The molecule has 0 spiro atoms. The van der Waals surface area contributed by atoms with Crippen molar-refractivity contribution >= 4 is 5.91 Å². The molecule has 0 aliphatic carbocycles. The average molecular weight is 232 g/mol. The van der Waals surface area contributed by atoms with Crippen LogP contribution in [-0.2, 0) is 4.79 Å². The van der Waals surface area contributed by atoms with Crippen LogP contribution in [0.3, 0.4) is 0 Å². The summed E-state index contributed by atoms with van der Waals surface area (Å²) in [6, 6.07) is 8.62. The van der Waals surface area contributed by atoms with Crippen molar-refractivity contribution in [3.63, 3.8) is 0 Å². The Hall–Kier alpha value is -1.35. The lowest BCUT2D eigenvalue weighted by Gasteiger charge is -2.19. The lowest BCUT2D eigenvalue weighted by molar-refractivity contribution is -0.128. The topological polar surface area (TPSA) is 32.3 Å². The molecular weight excluding hydrogens is 212 g/mol. The highest BCUT2D eigenvalue weighted by Crippen LogP contribution is 2.17. The number of rotatable bonds is 3. The fraction of sp³-hybridized carbons (Fsp3) is 0.500. The first kappa shape index (κ1) is 12.1. The Labute approximate surface area is 103 Å². The van der Waals surface area contributed by atoms with E-state index in [1.807, 2.05) is 7.05 Å². The predicted octanol–water partition coefficient (Wildman–Crippen LogP) is 1.88. The fourth-order valence-corrected chi connectivity index (χ4v) is 2.31. The third kappa shape index (κ3) is 2.67. The van der Waals surface area contributed by atoms with E-state index >= 15 is 0 Å². The van der Waals surface area contributed by atoms with Gasteiger partial charge in [-0.1, -0.05) is 29.8 Å². The Balaban J connectivity index is 2.02. The molecule has 2 atom stereocenters. The second kappa shape index (κ2) is 4.88. The van der Waals surface area contributed by atoms with Crippen LogP contribution in [0.25, 0.3) is 0 Å². The molecule has 0 aromatic heterocycles. The number of nitrogens with one attached hydrogen (secondary N) is 1. The van der Waals surface area contributed by atoms with Gasteiger partial charge in [-0.25, -0.2) is 0 Å². The normalized spacial score (nSPS) is 21.9. The maximum Gasteiger partial charge on any atom is 0.239 e. The zero-order valence-corrected chi connectivity index (χ0v) is 10.7. The minimum Gasteiger partial charge on any atom is -0.344 e. The SMILES string of the molecule is Cc1cccc([C@H](C)NC2CCN(C)C2=O)c1. The van der Waals surface area contributed by atoms with E-state index in [1.54, 1.807) is 4.90 Å². The molecule has 0 radical (unpaired) electrons. The number of hydrogen-bond donors (Lipinski definition) is 1. The molecule has 1 aromatic carbocycles. The summed E-state index contributed by atoms with van der Waals surface area (Å²) < 4.78 is 0. The summed E-state index contributed by atoms with van der Waals surface area (Å²) in [7, 11) is 1.86. The van der Waals surface area contributed by atoms with Gasteiger partial charge in [-0.05, 0) is 25.8 Å². The molecule has 0 bridgehead atoms. The van der Waals surface area contributed by atoms with E-state index in [0.717, 1.165) is 13.0 Å². The standard InChI is InChI=1S/C14H20N2O/c1-10-5-4-6-12(9-10)11(2)15-13-7-8-16(3)14(13)17/h4-6,9,11,13,15H,7-8H2,1-3H3/t11-,13?/m0/s1. The molecule has 1 saturated heterocycles. The lowest BCUT2D eigenvalue weighted by atomic mass is 10.0. The van der Waals surface area contributed by atoms with Gasteiger partial charge in [-0.3, -0.25) is 10.1 Å². The predicted molar refractivity (Wildman–Crippen MR) is 68.8 cm³/mol. The summed E-state index contributed by atoms with van der Waals surface area (Å²) in [6.07, 6.45) is 0.908. The number of carbonyl (C=O) groups excluding carboxylic acids is 1. The van der Waals surface area contributed by atoms with Crippen molar-refractivity contribution in [1.29, 1.82) is 0 Å². The summed E-state index contributed by atoms with van der Waals surface area (Å²) in [5.74, 6) is 0.213. The van der Waals surface area contributed by atoms with Gasteiger partial charge in [0.05, 0.1) is 6.04 Å². The van der Waals surface area contributed by atoms with E-state index in [0.29, 0.717) is 0 Å². The van der Waals surface area contributed by atoms with Crippen LogP contribution in [0.5, 0.6) is 0 Å². The molecule has 17 heavy (non-hydrogen) atoms. The first-order valence-corrected chi connectivity index (χ1v) is 6.15. The van der Waals surface area contributed by atoms with Crippen molar-refractivity contribution in [2.45, 2.75) is 32.4 Å². The Bertz CT molecular complexity index is 416. The number of likely N-dealkylation sites (N-methyl/N-ethyl adjacent to an activating group) is 1. The number of aryl methyl sites for hydroxylation is 1. The van der Waals surface area contributed by atoms with E-state index in [4.69, 9.17) is 0 Å². The maximum atomic E-state index is 11.8. The molecule has 0 saturated carbocycles. The second-order valence-corrected chi connectivity index (χ2v) is 4.90. The first-order chi connectivity index (χ1) is 8.08. The van der Waals surface area contributed by atoms with Crippen LogP contribution >= 0.6 is 0 Å². The summed E-state index contributed by atoms with van der Waals surface area (Å²) in [5, 5.41) is 3.41. The maximum absolute atomic E-state index is 11.8. The highest BCUT2D eigenvalue weighted by atomic mass is 16.2. The first-order valence-electron chi connectivity index (χ1n) is 6.15. The molecule has 1 heterocycles. The highest BCUT2D eigenvalue weighted by Gasteiger charge is 2.29. The third-order valence-corrected chi connectivity index (χ3v) is 3.42. The van der Waals surface area contributed by atoms with Gasteiger partial charge in [0, 0.05) is 19.6 Å². The summed E-state index contributed by atoms with van der Waals surface area (Å²) in [4.78, 5) is 13.6. The monoisotopic (exact) mass is 232 g/mol. The van der Waals surface area contributed by atoms with Crippen LogP contribution < -0.4 is 5.32 Å². The summed E-state index contributed by atoms with van der Waals surface area (Å²) >= 11 is 0.